The van der Waals surface area contributed by atoms with Crippen LogP contribution in [0.25, 0.3) is 0 Å². The zero-order valence-electron chi connectivity index (χ0n) is 14.5. The number of rotatable bonds is 5. The molecular weight excluding hydrogens is 308 g/mol. The summed E-state index contributed by atoms with van der Waals surface area (Å²) < 4.78 is 5.05. The first-order valence-corrected chi connectivity index (χ1v) is 8.35. The number of ether oxygens (including phenoxy) is 1. The second-order valence-electron chi connectivity index (χ2n) is 6.13. The van der Waals surface area contributed by atoms with Crippen LogP contribution in [-0.4, -0.2) is 47.6 Å². The maximum absolute atomic E-state index is 12.5. The second kappa shape index (κ2) is 8.52. The van der Waals surface area contributed by atoms with Gasteiger partial charge in [0.15, 0.2) is 0 Å². The van der Waals surface area contributed by atoms with Crippen LogP contribution >= 0.6 is 0 Å². The fourth-order valence-corrected chi connectivity index (χ4v) is 2.84. The van der Waals surface area contributed by atoms with Gasteiger partial charge in [-0.05, 0) is 44.7 Å². The van der Waals surface area contributed by atoms with Crippen LogP contribution in [0.3, 0.4) is 0 Å². The van der Waals surface area contributed by atoms with E-state index in [2.05, 4.69) is 22.5 Å². The van der Waals surface area contributed by atoms with E-state index in [1.165, 1.54) is 0 Å². The summed E-state index contributed by atoms with van der Waals surface area (Å²) in [5.41, 5.74) is 0.876. The number of piperidine rings is 1. The van der Waals surface area contributed by atoms with Crippen LogP contribution in [0, 0.1) is 0 Å². The number of amides is 3. The number of methoxy groups -OCH3 is 1. The van der Waals surface area contributed by atoms with Gasteiger partial charge in [-0.2, -0.15) is 0 Å². The number of pyridine rings is 1. The Labute approximate surface area is 142 Å². The van der Waals surface area contributed by atoms with Crippen LogP contribution in [0.1, 0.15) is 38.7 Å². The molecule has 2 N–H and O–H groups in total. The van der Waals surface area contributed by atoms with E-state index in [-0.39, 0.29) is 18.0 Å². The summed E-state index contributed by atoms with van der Waals surface area (Å²) in [5.74, 6) is 0.472. The van der Waals surface area contributed by atoms with Crippen LogP contribution in [0.2, 0.25) is 0 Å². The highest BCUT2D eigenvalue weighted by atomic mass is 16.5. The molecular formula is C17H26N4O3. The van der Waals surface area contributed by atoms with Crippen molar-refractivity contribution in [2.45, 2.75) is 51.7 Å². The average molecular weight is 334 g/mol. The number of carbonyl (C=O) groups is 2. The smallest absolute Gasteiger partial charge is 0.315 e. The Morgan fingerprint density at radius 1 is 1.46 bits per heavy atom. The molecule has 0 aromatic carbocycles. The van der Waals surface area contributed by atoms with Gasteiger partial charge in [0.05, 0.1) is 7.11 Å². The topological polar surface area (TPSA) is 83.6 Å². The summed E-state index contributed by atoms with van der Waals surface area (Å²) in [6, 6.07) is 2.88. The van der Waals surface area contributed by atoms with Crippen molar-refractivity contribution >= 4 is 11.9 Å². The number of nitrogens with one attached hydrogen (secondary N) is 2. The van der Waals surface area contributed by atoms with Gasteiger partial charge in [-0.15, -0.1) is 0 Å². The van der Waals surface area contributed by atoms with E-state index in [1.54, 1.807) is 32.4 Å². The molecule has 7 nitrogen and oxygen atoms in total. The van der Waals surface area contributed by atoms with Crippen LogP contribution in [0.4, 0.5) is 4.79 Å². The Morgan fingerprint density at radius 3 is 2.96 bits per heavy atom. The molecule has 1 aliphatic heterocycles. The Hall–Kier alpha value is -2.31. The fraction of sp³-hybridized carbons (Fsp3) is 0.588. The van der Waals surface area contributed by atoms with Crippen molar-refractivity contribution in [3.05, 3.63) is 23.9 Å². The summed E-state index contributed by atoms with van der Waals surface area (Å²) in [7, 11) is 1.54. The van der Waals surface area contributed by atoms with Crippen LogP contribution < -0.4 is 15.4 Å². The number of carbonyl (C=O) groups excluding carboxylic acids is 2. The van der Waals surface area contributed by atoms with Crippen molar-refractivity contribution in [2.75, 3.05) is 13.7 Å². The van der Waals surface area contributed by atoms with Gasteiger partial charge >= 0.3 is 6.03 Å². The normalized spacial score (nSPS) is 18.6. The van der Waals surface area contributed by atoms with E-state index in [1.807, 2.05) is 4.90 Å². The molecule has 0 unspecified atom stereocenters. The molecule has 0 aliphatic carbocycles. The predicted molar refractivity (Wildman–Crippen MR) is 90.6 cm³/mol. The SMILES string of the molecule is COc1cc(CNC(=O)N[C@@H](C)C(=O)N2CCCC[C@@H]2C)ccn1. The van der Waals surface area contributed by atoms with Gasteiger partial charge in [0.2, 0.25) is 11.8 Å². The molecule has 0 spiro atoms. The summed E-state index contributed by atoms with van der Waals surface area (Å²) in [4.78, 5) is 30.3. The molecule has 1 aromatic rings. The number of hydrogen-bond donors (Lipinski definition) is 2. The largest absolute Gasteiger partial charge is 0.481 e. The lowest BCUT2D eigenvalue weighted by Crippen LogP contribution is -2.53. The molecule has 2 rings (SSSR count). The van der Waals surface area contributed by atoms with Gasteiger partial charge in [0.25, 0.3) is 0 Å². The van der Waals surface area contributed by atoms with Gasteiger partial charge < -0.3 is 20.3 Å². The zero-order chi connectivity index (χ0) is 17.5. The minimum absolute atomic E-state index is 0.0251. The highest BCUT2D eigenvalue weighted by Crippen LogP contribution is 2.17. The number of likely N-dealkylation sites (tertiary alicyclic amines) is 1. The lowest BCUT2D eigenvalue weighted by Gasteiger charge is -2.35. The molecule has 3 amide bonds. The molecule has 2 heterocycles. The molecule has 1 fully saturated rings. The number of nitrogens with zero attached hydrogens (tertiary/aromatic N) is 2. The molecule has 7 heteroatoms. The molecule has 24 heavy (non-hydrogen) atoms. The number of hydrogen-bond acceptors (Lipinski definition) is 4. The highest BCUT2D eigenvalue weighted by Gasteiger charge is 2.27. The molecule has 2 atom stereocenters. The summed E-state index contributed by atoms with van der Waals surface area (Å²) in [5, 5.41) is 5.45. The second-order valence-corrected chi connectivity index (χ2v) is 6.13. The molecule has 0 radical (unpaired) electrons. The monoisotopic (exact) mass is 334 g/mol. The van der Waals surface area contributed by atoms with Crippen molar-refractivity contribution < 1.29 is 14.3 Å². The molecule has 0 saturated carbocycles. The standard InChI is InChI=1S/C17H26N4O3/c1-12-6-4-5-9-21(12)16(22)13(2)20-17(23)19-11-14-7-8-18-15(10-14)24-3/h7-8,10,12-13H,4-6,9,11H2,1-3H3,(H2,19,20,23)/t12-,13-/m0/s1. The molecule has 132 valence electrons. The van der Waals surface area contributed by atoms with Gasteiger partial charge in [-0.3, -0.25) is 4.79 Å². The van der Waals surface area contributed by atoms with Crippen LogP contribution in [-0.2, 0) is 11.3 Å². The highest BCUT2D eigenvalue weighted by molar-refractivity contribution is 5.87. The molecule has 0 bridgehead atoms. The first kappa shape index (κ1) is 18.0. The van der Waals surface area contributed by atoms with Gasteiger partial charge in [-0.25, -0.2) is 9.78 Å². The molecule has 1 aliphatic rings. The van der Waals surface area contributed by atoms with E-state index < -0.39 is 6.04 Å². The Morgan fingerprint density at radius 2 is 2.25 bits per heavy atom. The summed E-state index contributed by atoms with van der Waals surface area (Å²) in [6.07, 6.45) is 4.83. The minimum atomic E-state index is -0.544. The maximum Gasteiger partial charge on any atom is 0.315 e. The third-order valence-electron chi connectivity index (χ3n) is 4.27. The van der Waals surface area contributed by atoms with Crippen molar-refractivity contribution in [3.8, 4) is 5.88 Å². The summed E-state index contributed by atoms with van der Waals surface area (Å²) in [6.45, 7) is 4.88. The zero-order valence-corrected chi connectivity index (χ0v) is 14.5. The van der Waals surface area contributed by atoms with E-state index in [0.717, 1.165) is 31.4 Å². The minimum Gasteiger partial charge on any atom is -0.481 e. The Bertz CT molecular complexity index is 579. The fourth-order valence-electron chi connectivity index (χ4n) is 2.84. The van der Waals surface area contributed by atoms with Crippen molar-refractivity contribution in [2.24, 2.45) is 0 Å². The quantitative estimate of drug-likeness (QED) is 0.858. The van der Waals surface area contributed by atoms with E-state index >= 15 is 0 Å². The first-order chi connectivity index (χ1) is 11.5. The van der Waals surface area contributed by atoms with E-state index in [9.17, 15) is 9.59 Å². The van der Waals surface area contributed by atoms with Gasteiger partial charge in [0.1, 0.15) is 6.04 Å². The lowest BCUT2D eigenvalue weighted by molar-refractivity contribution is -0.136. The van der Waals surface area contributed by atoms with Crippen LogP contribution in [0.15, 0.2) is 18.3 Å². The Balaban J connectivity index is 1.81. The van der Waals surface area contributed by atoms with Gasteiger partial charge in [0, 0.05) is 31.4 Å². The number of aromatic nitrogens is 1. The van der Waals surface area contributed by atoms with E-state index in [4.69, 9.17) is 4.74 Å². The van der Waals surface area contributed by atoms with Crippen molar-refractivity contribution in [3.63, 3.8) is 0 Å². The summed E-state index contributed by atoms with van der Waals surface area (Å²) >= 11 is 0. The lowest BCUT2D eigenvalue weighted by atomic mass is 10.0. The Kier molecular flexibility index (Phi) is 6.40. The molecule has 1 saturated heterocycles. The first-order valence-electron chi connectivity index (χ1n) is 8.35. The average Bonchev–Trinajstić information content (AvgIpc) is 2.60. The molecule has 1 aromatic heterocycles. The van der Waals surface area contributed by atoms with Crippen LogP contribution in [0.5, 0.6) is 5.88 Å². The third kappa shape index (κ3) is 4.84. The maximum atomic E-state index is 12.5. The third-order valence-corrected chi connectivity index (χ3v) is 4.27. The number of urea groups is 1. The predicted octanol–water partition coefficient (Wildman–Crippen LogP) is 1.68. The van der Waals surface area contributed by atoms with Crippen molar-refractivity contribution in [1.82, 2.24) is 20.5 Å². The van der Waals surface area contributed by atoms with E-state index in [0.29, 0.717) is 12.4 Å². The van der Waals surface area contributed by atoms with Gasteiger partial charge in [-0.1, -0.05) is 0 Å². The van der Waals surface area contributed by atoms with Crippen molar-refractivity contribution in [1.29, 1.82) is 0 Å².